The van der Waals surface area contributed by atoms with Gasteiger partial charge in [-0.2, -0.15) is 0 Å². The number of hydrogen-bond donors (Lipinski definition) is 2. The first-order valence-electron chi connectivity index (χ1n) is 11.7. The molecule has 3 unspecified atom stereocenters. The number of nitrogens with zero attached hydrogens (tertiary/aromatic N) is 1. The molecule has 5 rings (SSSR count). The zero-order chi connectivity index (χ0) is 22.9. The number of benzene rings is 2. The highest BCUT2D eigenvalue weighted by Gasteiger charge is 2.29. The van der Waals surface area contributed by atoms with Gasteiger partial charge in [-0.05, 0) is 75.5 Å². The van der Waals surface area contributed by atoms with Gasteiger partial charge in [0.15, 0.2) is 0 Å². The van der Waals surface area contributed by atoms with Gasteiger partial charge in [-0.25, -0.2) is 0 Å². The summed E-state index contributed by atoms with van der Waals surface area (Å²) in [4.78, 5) is 7.18. The number of hydrogen-bond acceptors (Lipinski definition) is 5. The molecular weight excluding hydrogens is 432 g/mol. The lowest BCUT2D eigenvalue weighted by molar-refractivity contribution is 0.0408. The summed E-state index contributed by atoms with van der Waals surface area (Å²) in [7, 11) is 1.74. The smallest absolute Gasteiger partial charge is 0.128 e. The molecule has 2 aromatic heterocycles. The molecule has 3 atom stereocenters. The molecule has 33 heavy (non-hydrogen) atoms. The quantitative estimate of drug-likeness (QED) is 0.368. The standard InChI is InChI=1S/C27H32N2O3S/c1-17-12-21-23(28-17)6-4-8-25(21)32-16-20(30)15-29-11-10-19(13-18(29)2)27-14-22-24(31-3)7-5-9-26(22)33-27/h4-9,12,14,18-20,28,30H,10-11,13,15-16H2,1-3H3. The summed E-state index contributed by atoms with van der Waals surface area (Å²) in [6.07, 6.45) is 1.69. The Bertz CT molecular complexity index is 1250. The number of piperidine rings is 1. The number of aliphatic hydroxyl groups is 1. The van der Waals surface area contributed by atoms with E-state index in [0.717, 1.165) is 47.5 Å². The van der Waals surface area contributed by atoms with Crippen LogP contribution in [0.25, 0.3) is 21.0 Å². The predicted octanol–water partition coefficient (Wildman–Crippen LogP) is 5.71. The van der Waals surface area contributed by atoms with E-state index < -0.39 is 6.10 Å². The number of aryl methyl sites for hydroxylation is 1. The molecule has 2 N–H and O–H groups in total. The van der Waals surface area contributed by atoms with Crippen LogP contribution in [0.15, 0.2) is 48.5 Å². The van der Waals surface area contributed by atoms with Crippen molar-refractivity contribution in [3.63, 3.8) is 0 Å². The Morgan fingerprint density at radius 2 is 1.97 bits per heavy atom. The van der Waals surface area contributed by atoms with Gasteiger partial charge in [0.2, 0.25) is 0 Å². The van der Waals surface area contributed by atoms with Gasteiger partial charge in [-0.1, -0.05) is 12.1 Å². The molecule has 0 aliphatic carbocycles. The van der Waals surface area contributed by atoms with Gasteiger partial charge in [0.25, 0.3) is 0 Å². The average Bonchev–Trinajstić information content (AvgIpc) is 3.41. The minimum Gasteiger partial charge on any atom is -0.496 e. The first-order valence-corrected chi connectivity index (χ1v) is 12.5. The summed E-state index contributed by atoms with van der Waals surface area (Å²) >= 11 is 1.89. The maximum absolute atomic E-state index is 10.7. The lowest BCUT2D eigenvalue weighted by atomic mass is 9.90. The van der Waals surface area contributed by atoms with Crippen molar-refractivity contribution < 1.29 is 14.6 Å². The van der Waals surface area contributed by atoms with Gasteiger partial charge in [-0.15, -0.1) is 11.3 Å². The lowest BCUT2D eigenvalue weighted by Crippen LogP contribution is -2.45. The average molecular weight is 465 g/mol. The summed E-state index contributed by atoms with van der Waals surface area (Å²) in [6.45, 7) is 6.24. The van der Waals surface area contributed by atoms with Crippen LogP contribution in [0, 0.1) is 6.92 Å². The topological polar surface area (TPSA) is 57.7 Å². The summed E-state index contributed by atoms with van der Waals surface area (Å²) in [5.41, 5.74) is 2.17. The van der Waals surface area contributed by atoms with Crippen molar-refractivity contribution in [3.05, 3.63) is 59.1 Å². The second-order valence-electron chi connectivity index (χ2n) is 9.22. The Morgan fingerprint density at radius 1 is 1.15 bits per heavy atom. The molecule has 0 radical (unpaired) electrons. The van der Waals surface area contributed by atoms with E-state index in [9.17, 15) is 5.11 Å². The van der Waals surface area contributed by atoms with E-state index in [0.29, 0.717) is 25.1 Å². The number of aromatic nitrogens is 1. The summed E-state index contributed by atoms with van der Waals surface area (Å²) in [5.74, 6) is 2.33. The lowest BCUT2D eigenvalue weighted by Gasteiger charge is -2.38. The number of methoxy groups -OCH3 is 1. The molecule has 1 aliphatic heterocycles. The Hall–Kier alpha value is -2.54. The summed E-state index contributed by atoms with van der Waals surface area (Å²) in [5, 5.41) is 13.0. The van der Waals surface area contributed by atoms with Gasteiger partial charge >= 0.3 is 0 Å². The highest BCUT2D eigenvalue weighted by Crippen LogP contribution is 2.40. The zero-order valence-electron chi connectivity index (χ0n) is 19.5. The summed E-state index contributed by atoms with van der Waals surface area (Å²) in [6, 6.07) is 17.1. The molecule has 174 valence electrons. The third-order valence-corrected chi connectivity index (χ3v) is 8.07. The SMILES string of the molecule is COc1cccc2sc(C3CCN(CC(O)COc4cccc5[nH]c(C)cc45)C(C)C3)cc12. The Balaban J connectivity index is 1.18. The second-order valence-corrected chi connectivity index (χ2v) is 10.3. The Morgan fingerprint density at radius 3 is 2.79 bits per heavy atom. The van der Waals surface area contributed by atoms with E-state index >= 15 is 0 Å². The molecule has 0 bridgehead atoms. The molecule has 4 aromatic rings. The van der Waals surface area contributed by atoms with Crippen molar-refractivity contribution in [3.8, 4) is 11.5 Å². The molecular formula is C27H32N2O3S. The second kappa shape index (κ2) is 9.37. The first kappa shape index (κ1) is 22.3. The zero-order valence-corrected chi connectivity index (χ0v) is 20.3. The Labute approximate surface area is 198 Å². The highest BCUT2D eigenvalue weighted by molar-refractivity contribution is 7.19. The minimum absolute atomic E-state index is 0.298. The maximum Gasteiger partial charge on any atom is 0.128 e. The molecule has 1 fully saturated rings. The summed E-state index contributed by atoms with van der Waals surface area (Å²) < 4.78 is 12.8. The molecule has 0 spiro atoms. The van der Waals surface area contributed by atoms with Crippen molar-refractivity contribution >= 4 is 32.3 Å². The molecule has 0 amide bonds. The number of likely N-dealkylation sites (tertiary alicyclic amines) is 1. The van der Waals surface area contributed by atoms with Crippen LogP contribution in [0.2, 0.25) is 0 Å². The van der Waals surface area contributed by atoms with Crippen LogP contribution >= 0.6 is 11.3 Å². The number of thiophene rings is 1. The third-order valence-electron chi connectivity index (χ3n) is 6.81. The fraction of sp³-hybridized carbons (Fsp3) is 0.407. The van der Waals surface area contributed by atoms with Crippen molar-refractivity contribution in [1.29, 1.82) is 0 Å². The molecule has 6 heteroatoms. The van der Waals surface area contributed by atoms with Crippen LogP contribution in [0.1, 0.15) is 36.3 Å². The van der Waals surface area contributed by atoms with Crippen molar-refractivity contribution in [2.45, 2.75) is 44.8 Å². The monoisotopic (exact) mass is 464 g/mol. The number of aromatic amines is 1. The van der Waals surface area contributed by atoms with Gasteiger partial charge in [-0.3, -0.25) is 4.90 Å². The van der Waals surface area contributed by atoms with Crippen molar-refractivity contribution in [2.24, 2.45) is 0 Å². The van der Waals surface area contributed by atoms with Gasteiger partial charge in [0.1, 0.15) is 24.2 Å². The van der Waals surface area contributed by atoms with Gasteiger partial charge in [0, 0.05) is 44.1 Å². The number of H-pyrrole nitrogens is 1. The van der Waals surface area contributed by atoms with Crippen LogP contribution in [0.4, 0.5) is 0 Å². The highest BCUT2D eigenvalue weighted by atomic mass is 32.1. The Kier molecular flexibility index (Phi) is 6.32. The number of fused-ring (bicyclic) bond motifs is 2. The van der Waals surface area contributed by atoms with Crippen molar-refractivity contribution in [1.82, 2.24) is 9.88 Å². The minimum atomic E-state index is -0.520. The van der Waals surface area contributed by atoms with E-state index in [-0.39, 0.29) is 0 Å². The van der Waals surface area contributed by atoms with Crippen molar-refractivity contribution in [2.75, 3.05) is 26.8 Å². The predicted molar refractivity (Wildman–Crippen MR) is 136 cm³/mol. The fourth-order valence-electron chi connectivity index (χ4n) is 5.09. The van der Waals surface area contributed by atoms with Crippen LogP contribution in [0.5, 0.6) is 11.5 Å². The largest absolute Gasteiger partial charge is 0.496 e. The number of nitrogens with one attached hydrogen (secondary N) is 1. The van der Waals surface area contributed by atoms with E-state index in [4.69, 9.17) is 9.47 Å². The van der Waals surface area contributed by atoms with E-state index in [1.165, 1.54) is 15.0 Å². The number of β-amino-alcohol motifs (C(OH)–C–C–N with tert-alkyl or cyclic N) is 1. The van der Waals surface area contributed by atoms with Crippen LogP contribution in [-0.4, -0.2) is 53.9 Å². The molecule has 1 aliphatic rings. The third kappa shape index (κ3) is 4.60. The maximum atomic E-state index is 10.7. The van der Waals surface area contributed by atoms with E-state index in [1.54, 1.807) is 7.11 Å². The fourth-order valence-corrected chi connectivity index (χ4v) is 6.31. The first-order chi connectivity index (χ1) is 16.0. The number of aliphatic hydroxyl groups excluding tert-OH is 1. The van der Waals surface area contributed by atoms with Crippen LogP contribution in [0.3, 0.4) is 0 Å². The van der Waals surface area contributed by atoms with E-state index in [2.05, 4.69) is 41.1 Å². The van der Waals surface area contributed by atoms with Gasteiger partial charge < -0.3 is 19.6 Å². The van der Waals surface area contributed by atoms with Crippen LogP contribution in [-0.2, 0) is 0 Å². The molecule has 3 heterocycles. The van der Waals surface area contributed by atoms with Gasteiger partial charge in [0.05, 0.1) is 7.11 Å². The number of rotatable bonds is 7. The normalized spacial score (nSPS) is 20.4. The molecule has 0 saturated carbocycles. The molecule has 1 saturated heterocycles. The number of ether oxygens (including phenoxy) is 2. The van der Waals surface area contributed by atoms with E-state index in [1.807, 2.05) is 42.5 Å². The molecule has 2 aromatic carbocycles. The molecule has 5 nitrogen and oxygen atoms in total. The van der Waals surface area contributed by atoms with Crippen LogP contribution < -0.4 is 9.47 Å².